The van der Waals surface area contributed by atoms with Crippen LogP contribution < -0.4 is 0 Å². The third kappa shape index (κ3) is 9.58. The van der Waals surface area contributed by atoms with Crippen LogP contribution in [-0.4, -0.2) is 151 Å². The molecular formula is C47H72O15. The van der Waals surface area contributed by atoms with E-state index in [0.717, 1.165) is 5.57 Å². The third-order valence-electron chi connectivity index (χ3n) is 14.5. The second kappa shape index (κ2) is 19.4. The summed E-state index contributed by atoms with van der Waals surface area (Å²) in [5.41, 5.74) is 0.0192. The lowest BCUT2D eigenvalue weighted by molar-refractivity contribution is -0.353. The van der Waals surface area contributed by atoms with E-state index >= 15 is 0 Å². The fourth-order valence-corrected chi connectivity index (χ4v) is 10.9. The first-order chi connectivity index (χ1) is 29.4. The zero-order valence-electron chi connectivity index (χ0n) is 38.1. The minimum absolute atomic E-state index is 0.0105. The highest BCUT2D eigenvalue weighted by atomic mass is 16.7. The second-order valence-electron chi connectivity index (χ2n) is 19.3. The molecule has 15 nitrogen and oxygen atoms in total. The molecule has 15 heteroatoms. The predicted octanol–water partition coefficient (Wildman–Crippen LogP) is 4.18. The van der Waals surface area contributed by atoms with Crippen LogP contribution in [0.3, 0.4) is 0 Å². The number of esters is 1. The summed E-state index contributed by atoms with van der Waals surface area (Å²) >= 11 is 0. The van der Waals surface area contributed by atoms with Gasteiger partial charge in [-0.1, -0.05) is 58.1 Å². The zero-order valence-corrected chi connectivity index (χ0v) is 38.1. The summed E-state index contributed by atoms with van der Waals surface area (Å²) in [6.07, 6.45) is 2.11. The molecule has 0 saturated carbocycles. The first kappa shape index (κ1) is 47.9. The molecule has 0 amide bonds. The molecule has 0 aromatic heterocycles. The van der Waals surface area contributed by atoms with Gasteiger partial charge in [0.05, 0.1) is 55.4 Å². The van der Waals surface area contributed by atoms with Crippen molar-refractivity contribution in [3.05, 3.63) is 47.1 Å². The lowest BCUT2D eigenvalue weighted by atomic mass is 9.71. The molecule has 1 spiro atoms. The Hall–Kier alpha value is -2.09. The number of allylic oxidation sites excluding steroid dienone is 2. The monoisotopic (exact) mass is 876 g/mol. The Balaban J connectivity index is 1.18. The fraction of sp³-hybridized carbons (Fsp3) is 0.809. The highest BCUT2D eigenvalue weighted by molar-refractivity contribution is 5.78. The number of rotatable bonds is 7. The molecule has 350 valence electrons. The topological polar surface area (TPSA) is 190 Å². The van der Waals surface area contributed by atoms with Crippen molar-refractivity contribution in [2.24, 2.45) is 23.7 Å². The van der Waals surface area contributed by atoms with Crippen molar-refractivity contribution in [1.82, 2.24) is 0 Å². The van der Waals surface area contributed by atoms with Gasteiger partial charge in [0, 0.05) is 58.2 Å². The van der Waals surface area contributed by atoms with Crippen LogP contribution in [0, 0.1) is 23.7 Å². The number of fused-ring (bicyclic) bond motifs is 2. The average Bonchev–Trinajstić information content (AvgIpc) is 3.56. The molecule has 5 fully saturated rings. The molecule has 5 saturated heterocycles. The molecule has 62 heavy (non-hydrogen) atoms. The van der Waals surface area contributed by atoms with Crippen molar-refractivity contribution < 1.29 is 72.6 Å². The van der Waals surface area contributed by atoms with Gasteiger partial charge >= 0.3 is 5.97 Å². The average molecular weight is 877 g/mol. The van der Waals surface area contributed by atoms with Crippen molar-refractivity contribution >= 4 is 5.97 Å². The molecule has 6 aliphatic heterocycles. The zero-order chi connectivity index (χ0) is 44.8. The van der Waals surface area contributed by atoms with Crippen LogP contribution in [0.1, 0.15) is 93.9 Å². The predicted molar refractivity (Wildman–Crippen MR) is 224 cm³/mol. The third-order valence-corrected chi connectivity index (χ3v) is 14.5. The van der Waals surface area contributed by atoms with E-state index in [0.29, 0.717) is 36.8 Å². The van der Waals surface area contributed by atoms with E-state index in [1.807, 2.05) is 39.8 Å². The number of carbonyl (C=O) groups excluding carboxylic acids is 1. The Morgan fingerprint density at radius 1 is 0.855 bits per heavy atom. The molecule has 0 aromatic rings. The molecule has 0 aromatic carbocycles. The summed E-state index contributed by atoms with van der Waals surface area (Å²) in [6.45, 7) is 15.6. The van der Waals surface area contributed by atoms with Crippen molar-refractivity contribution in [3.63, 3.8) is 0 Å². The van der Waals surface area contributed by atoms with Gasteiger partial charge in [-0.05, 0) is 56.8 Å². The standard InChI is InChI=1S/C47H72O15/c1-23(2)41-27(6)34(48)21-46(62-41)20-32-17-31(61-46)15-14-25(4)42(24(3)12-11-13-30-22-55-44-39(49)26(5)16-33(45(51)58-32)47(30,44)52)59-38-19-36(54-10)43(29(8)57-38)60-37-18-35(53-9)40(50)28(7)56-37/h11-14,16,23-24,27-29,31-44,48-50,52H,15,17-22H2,1-10H3/b12-11+,25-14+,30-13+/t24-,27-,28?,29?,31?,32-,33-,34-,35?,36?,37?,38?,39+,40?,41+,42-,43?,44+,46-,47+/m0/s1. The maximum Gasteiger partial charge on any atom is 0.316 e. The van der Waals surface area contributed by atoms with E-state index in [9.17, 15) is 25.2 Å². The Morgan fingerprint density at radius 2 is 1.55 bits per heavy atom. The van der Waals surface area contributed by atoms with Crippen molar-refractivity contribution in [1.29, 1.82) is 0 Å². The van der Waals surface area contributed by atoms with E-state index in [1.165, 1.54) is 0 Å². The van der Waals surface area contributed by atoms with Gasteiger partial charge in [0.25, 0.3) is 0 Å². The number of ether oxygens (including phenoxy) is 10. The smallest absolute Gasteiger partial charge is 0.316 e. The summed E-state index contributed by atoms with van der Waals surface area (Å²) in [5.74, 6) is -3.24. The van der Waals surface area contributed by atoms with Gasteiger partial charge in [0.15, 0.2) is 18.4 Å². The fourth-order valence-electron chi connectivity index (χ4n) is 10.9. The molecule has 2 bridgehead atoms. The Bertz CT molecular complexity index is 1700. The lowest BCUT2D eigenvalue weighted by Crippen LogP contribution is -2.60. The van der Waals surface area contributed by atoms with Crippen LogP contribution in [0.4, 0.5) is 0 Å². The number of aliphatic hydroxyl groups is 4. The van der Waals surface area contributed by atoms with Gasteiger partial charge in [-0.25, -0.2) is 0 Å². The maximum absolute atomic E-state index is 14.3. The molecule has 9 unspecified atom stereocenters. The molecule has 4 N–H and O–H groups in total. The first-order valence-electron chi connectivity index (χ1n) is 22.7. The molecule has 7 rings (SSSR count). The van der Waals surface area contributed by atoms with Crippen LogP contribution >= 0.6 is 0 Å². The van der Waals surface area contributed by atoms with Gasteiger partial charge in [-0.3, -0.25) is 4.79 Å². The van der Waals surface area contributed by atoms with Crippen molar-refractivity contribution in [2.45, 2.75) is 197 Å². The summed E-state index contributed by atoms with van der Waals surface area (Å²) in [6, 6.07) is 0. The first-order valence-corrected chi connectivity index (χ1v) is 22.7. The van der Waals surface area contributed by atoms with Gasteiger partial charge in [-0.2, -0.15) is 0 Å². The van der Waals surface area contributed by atoms with Crippen molar-refractivity contribution in [2.75, 3.05) is 20.8 Å². The van der Waals surface area contributed by atoms with Crippen molar-refractivity contribution in [3.8, 4) is 0 Å². The lowest BCUT2D eigenvalue weighted by Gasteiger charge is -2.52. The quantitative estimate of drug-likeness (QED) is 0.210. The van der Waals surface area contributed by atoms with Gasteiger partial charge in [0.2, 0.25) is 0 Å². The molecule has 1 aliphatic carbocycles. The highest BCUT2D eigenvalue weighted by Gasteiger charge is 2.60. The Labute approximate surface area is 366 Å². The van der Waals surface area contributed by atoms with E-state index < -0.39 is 109 Å². The Kier molecular flexibility index (Phi) is 15.0. The summed E-state index contributed by atoms with van der Waals surface area (Å²) in [7, 11) is 3.20. The van der Waals surface area contributed by atoms with Gasteiger partial charge < -0.3 is 67.8 Å². The molecule has 7 aliphatic rings. The SMILES string of the molecule is COC1CC(OC2C(C)OC(O[C@@H]3/C(C)=C/CC4C[C@@H](C[C@]5(C[C@H](O)[C@H](C)[C@@H](C(C)C)O5)O4)OC(=O)[C@@H]4C=C(C)[C@@H](O)[C@H]5OC/C(=C\C=C\[C@@H]3C)[C@]54O)CC2OC)OC(C)C1O. The minimum atomic E-state index is -1.87. The number of methoxy groups -OCH3 is 2. The summed E-state index contributed by atoms with van der Waals surface area (Å²) in [4.78, 5) is 14.3. The van der Waals surface area contributed by atoms with Crippen LogP contribution in [0.2, 0.25) is 0 Å². The van der Waals surface area contributed by atoms with E-state index in [-0.39, 0.29) is 43.3 Å². The van der Waals surface area contributed by atoms with Crippen LogP contribution in [0.15, 0.2) is 47.1 Å². The highest BCUT2D eigenvalue weighted by Crippen LogP contribution is 2.48. The number of hydrogen-bond donors (Lipinski definition) is 4. The van der Waals surface area contributed by atoms with E-state index in [4.69, 9.17) is 47.4 Å². The van der Waals surface area contributed by atoms with E-state index in [2.05, 4.69) is 19.9 Å². The minimum Gasteiger partial charge on any atom is -0.462 e. The van der Waals surface area contributed by atoms with Crippen LogP contribution in [0.5, 0.6) is 0 Å². The van der Waals surface area contributed by atoms with E-state index in [1.54, 1.807) is 40.2 Å². The maximum atomic E-state index is 14.3. The van der Waals surface area contributed by atoms with Crippen LogP contribution in [0.25, 0.3) is 0 Å². The molecule has 0 radical (unpaired) electrons. The van der Waals surface area contributed by atoms with Gasteiger partial charge in [-0.15, -0.1) is 0 Å². The number of carbonyl (C=O) groups is 1. The second-order valence-corrected chi connectivity index (χ2v) is 19.3. The number of aliphatic hydroxyl groups excluding tert-OH is 3. The van der Waals surface area contributed by atoms with Crippen LogP contribution in [-0.2, 0) is 52.2 Å². The molecular weight excluding hydrogens is 805 g/mol. The molecule has 20 atom stereocenters. The largest absolute Gasteiger partial charge is 0.462 e. The number of hydrogen-bond acceptors (Lipinski definition) is 15. The summed E-state index contributed by atoms with van der Waals surface area (Å²) in [5, 5.41) is 45.6. The van der Waals surface area contributed by atoms with Gasteiger partial charge in [0.1, 0.15) is 42.0 Å². The molecule has 6 heterocycles. The Morgan fingerprint density at radius 3 is 2.26 bits per heavy atom. The summed E-state index contributed by atoms with van der Waals surface area (Å²) < 4.78 is 63.4. The normalized spacial score (nSPS) is 50.2.